The summed E-state index contributed by atoms with van der Waals surface area (Å²) in [5, 5.41) is 24.2. The number of benzene rings is 2. The molecule has 8 nitrogen and oxygen atoms in total. The molecule has 2 aliphatic heterocycles. The Morgan fingerprint density at radius 1 is 1.19 bits per heavy atom. The first-order valence-electron chi connectivity index (χ1n) is 10.1. The quantitative estimate of drug-likeness (QED) is 0.688. The third kappa shape index (κ3) is 3.90. The van der Waals surface area contributed by atoms with E-state index in [-0.39, 0.29) is 6.42 Å². The molecule has 0 saturated carbocycles. The third-order valence-electron chi connectivity index (χ3n) is 5.46. The molecule has 1 amide bonds. The maximum Gasteiger partial charge on any atom is 0.412 e. The Balaban J connectivity index is 1.59. The fraction of sp³-hybridized carbons (Fsp3) is 0.391. The molecule has 2 unspecified atom stereocenters. The maximum atomic E-state index is 12.8. The van der Waals surface area contributed by atoms with Gasteiger partial charge >= 0.3 is 12.1 Å². The van der Waals surface area contributed by atoms with Crippen molar-refractivity contribution in [3.63, 3.8) is 0 Å². The highest BCUT2D eigenvalue weighted by Crippen LogP contribution is 2.50. The van der Waals surface area contributed by atoms with Crippen LogP contribution in [0, 0.1) is 0 Å². The molecule has 4 rings (SSSR count). The molecule has 0 radical (unpaired) electrons. The second-order valence-electron chi connectivity index (χ2n) is 8.90. The number of ether oxygens (including phenoxy) is 2. The van der Waals surface area contributed by atoms with Crippen LogP contribution in [0.2, 0.25) is 0 Å². The number of aliphatic hydroxyl groups is 1. The molecule has 0 aliphatic carbocycles. The molecule has 2 aromatic carbocycles. The Bertz CT molecular complexity index is 1000. The fourth-order valence-electron chi connectivity index (χ4n) is 4.11. The summed E-state index contributed by atoms with van der Waals surface area (Å²) in [6.45, 7) is 5.50. The zero-order valence-corrected chi connectivity index (χ0v) is 17.7. The number of rotatable bonds is 4. The molecule has 0 aromatic heterocycles. The van der Waals surface area contributed by atoms with E-state index in [1.54, 1.807) is 39.0 Å². The lowest BCUT2D eigenvalue weighted by atomic mass is 9.91. The van der Waals surface area contributed by atoms with Gasteiger partial charge in [-0.1, -0.05) is 36.4 Å². The van der Waals surface area contributed by atoms with Crippen LogP contribution < -0.4 is 10.1 Å². The Kier molecular flexibility index (Phi) is 5.05. The van der Waals surface area contributed by atoms with Crippen molar-refractivity contribution in [2.45, 2.75) is 57.2 Å². The van der Waals surface area contributed by atoms with Crippen LogP contribution in [-0.2, 0) is 21.7 Å². The smallest absolute Gasteiger partial charge is 0.412 e. The van der Waals surface area contributed by atoms with Gasteiger partial charge in [-0.2, -0.15) is 0 Å². The van der Waals surface area contributed by atoms with Gasteiger partial charge in [-0.15, -0.1) is 0 Å². The van der Waals surface area contributed by atoms with Gasteiger partial charge in [0.15, 0.2) is 0 Å². The number of nitrogens with zero attached hydrogens (tertiary/aromatic N) is 1. The Labute approximate surface area is 180 Å². The zero-order chi connectivity index (χ0) is 22.4. The number of amides is 1. The monoisotopic (exact) mass is 426 g/mol. The number of fused-ring (bicyclic) bond motifs is 3. The van der Waals surface area contributed by atoms with Gasteiger partial charge < -0.3 is 25.0 Å². The standard InChI is InChI=1S/C23H26N2O6/c1-22(2,3)31-21(28)25-18(19(26)27)12-23(29)16-10-9-15(11-17(16)24-20(23)25)30-13-14-7-5-4-6-8-14/h4-11,18,20,24,29H,12-13H2,1-3H3,(H,26,27)/t18?,20?,23-/m0/s1. The molecular weight excluding hydrogens is 400 g/mol. The molecule has 1 fully saturated rings. The van der Waals surface area contributed by atoms with E-state index < -0.39 is 35.5 Å². The Morgan fingerprint density at radius 2 is 1.90 bits per heavy atom. The number of carbonyl (C=O) groups is 2. The lowest BCUT2D eigenvalue weighted by Gasteiger charge is -2.31. The molecule has 1 saturated heterocycles. The summed E-state index contributed by atoms with van der Waals surface area (Å²) in [5.41, 5.74) is -0.206. The summed E-state index contributed by atoms with van der Waals surface area (Å²) in [5.74, 6) is -0.600. The summed E-state index contributed by atoms with van der Waals surface area (Å²) >= 11 is 0. The average molecular weight is 426 g/mol. The van der Waals surface area contributed by atoms with Crippen LogP contribution in [0.15, 0.2) is 48.5 Å². The molecular formula is C23H26N2O6. The predicted molar refractivity (Wildman–Crippen MR) is 113 cm³/mol. The first-order chi connectivity index (χ1) is 14.6. The molecule has 2 aromatic rings. The van der Waals surface area contributed by atoms with Crippen molar-refractivity contribution in [3.8, 4) is 5.75 Å². The first kappa shape index (κ1) is 21.0. The summed E-state index contributed by atoms with van der Waals surface area (Å²) in [7, 11) is 0. The van der Waals surface area contributed by atoms with Crippen molar-refractivity contribution in [2.24, 2.45) is 0 Å². The average Bonchev–Trinajstić information content (AvgIpc) is 3.14. The van der Waals surface area contributed by atoms with Crippen molar-refractivity contribution in [3.05, 3.63) is 59.7 Å². The van der Waals surface area contributed by atoms with Crippen LogP contribution in [-0.4, -0.2) is 45.0 Å². The van der Waals surface area contributed by atoms with Crippen molar-refractivity contribution < 1.29 is 29.3 Å². The molecule has 0 spiro atoms. The molecule has 3 N–H and O–H groups in total. The van der Waals surface area contributed by atoms with E-state index >= 15 is 0 Å². The largest absolute Gasteiger partial charge is 0.489 e. The molecule has 31 heavy (non-hydrogen) atoms. The lowest BCUT2D eigenvalue weighted by Crippen LogP contribution is -2.51. The zero-order valence-electron chi connectivity index (χ0n) is 17.7. The van der Waals surface area contributed by atoms with E-state index in [9.17, 15) is 19.8 Å². The van der Waals surface area contributed by atoms with Crippen molar-refractivity contribution in [2.75, 3.05) is 5.32 Å². The van der Waals surface area contributed by atoms with Crippen molar-refractivity contribution in [1.82, 2.24) is 4.90 Å². The van der Waals surface area contributed by atoms with Crippen LogP contribution in [0.1, 0.15) is 38.3 Å². The van der Waals surface area contributed by atoms with Crippen molar-refractivity contribution in [1.29, 1.82) is 0 Å². The molecule has 2 aliphatic rings. The minimum Gasteiger partial charge on any atom is -0.489 e. The summed E-state index contributed by atoms with van der Waals surface area (Å²) in [6.07, 6.45) is -1.89. The SMILES string of the molecule is CC(C)(C)OC(=O)N1C(C(=O)O)C[C@]2(O)c3ccc(OCc4ccccc4)cc3NC12. The van der Waals surface area contributed by atoms with Gasteiger partial charge in [0.1, 0.15) is 35.8 Å². The van der Waals surface area contributed by atoms with Gasteiger partial charge in [0.25, 0.3) is 0 Å². The van der Waals surface area contributed by atoms with Gasteiger partial charge in [-0.3, -0.25) is 4.90 Å². The van der Waals surface area contributed by atoms with Crippen LogP contribution in [0.4, 0.5) is 10.5 Å². The first-order valence-corrected chi connectivity index (χ1v) is 10.1. The second-order valence-corrected chi connectivity index (χ2v) is 8.90. The van der Waals surface area contributed by atoms with E-state index in [0.717, 1.165) is 10.5 Å². The number of aliphatic carboxylic acids is 1. The number of carbonyl (C=O) groups excluding carboxylic acids is 1. The number of hydrogen-bond acceptors (Lipinski definition) is 6. The molecule has 164 valence electrons. The van der Waals surface area contributed by atoms with E-state index in [1.807, 2.05) is 30.3 Å². The highest BCUT2D eigenvalue weighted by molar-refractivity contribution is 5.83. The van der Waals surface area contributed by atoms with Crippen LogP contribution in [0.3, 0.4) is 0 Å². The van der Waals surface area contributed by atoms with Gasteiger partial charge in [0.2, 0.25) is 0 Å². The van der Waals surface area contributed by atoms with Gasteiger partial charge in [0.05, 0.1) is 0 Å². The van der Waals surface area contributed by atoms with Gasteiger partial charge in [-0.25, -0.2) is 9.59 Å². The number of nitrogens with one attached hydrogen (secondary N) is 1. The Morgan fingerprint density at radius 3 is 2.55 bits per heavy atom. The van der Waals surface area contributed by atoms with E-state index in [2.05, 4.69) is 5.32 Å². The van der Waals surface area contributed by atoms with Crippen molar-refractivity contribution >= 4 is 17.7 Å². The van der Waals surface area contributed by atoms with Gasteiger partial charge in [-0.05, 0) is 32.4 Å². The number of carboxylic acid groups (broad SMARTS) is 1. The third-order valence-corrected chi connectivity index (χ3v) is 5.46. The predicted octanol–water partition coefficient (Wildman–Crippen LogP) is 3.30. The molecule has 3 atom stereocenters. The maximum absolute atomic E-state index is 12.8. The number of hydrogen-bond donors (Lipinski definition) is 3. The van der Waals surface area contributed by atoms with Crippen LogP contribution in [0.5, 0.6) is 5.75 Å². The minimum atomic E-state index is -1.55. The normalized spacial score (nSPS) is 24.2. The van der Waals surface area contributed by atoms with E-state index in [1.165, 1.54) is 0 Å². The van der Waals surface area contributed by atoms with Crippen LogP contribution in [0.25, 0.3) is 0 Å². The topological polar surface area (TPSA) is 108 Å². The molecule has 8 heteroatoms. The second kappa shape index (κ2) is 7.46. The van der Waals surface area contributed by atoms with Gasteiger partial charge in [0, 0.05) is 23.7 Å². The van der Waals surface area contributed by atoms with Crippen LogP contribution >= 0.6 is 0 Å². The molecule has 2 heterocycles. The summed E-state index contributed by atoms with van der Waals surface area (Å²) in [4.78, 5) is 25.7. The summed E-state index contributed by atoms with van der Waals surface area (Å²) < 4.78 is 11.3. The lowest BCUT2D eigenvalue weighted by molar-refractivity contribution is -0.142. The van der Waals surface area contributed by atoms with E-state index in [0.29, 0.717) is 23.6 Å². The highest BCUT2D eigenvalue weighted by atomic mass is 16.6. The minimum absolute atomic E-state index is 0.142. The highest BCUT2D eigenvalue weighted by Gasteiger charge is 2.61. The number of carboxylic acids is 1. The Hall–Kier alpha value is -3.26. The fourth-order valence-corrected chi connectivity index (χ4v) is 4.11. The van der Waals surface area contributed by atoms with E-state index in [4.69, 9.17) is 9.47 Å². The molecule has 0 bridgehead atoms. The number of anilines is 1. The number of likely N-dealkylation sites (tertiary alicyclic amines) is 1. The summed E-state index contributed by atoms with van der Waals surface area (Å²) in [6, 6.07) is 13.7.